The predicted octanol–water partition coefficient (Wildman–Crippen LogP) is 1.23. The normalized spacial score (nSPS) is 10.3. The van der Waals surface area contributed by atoms with Crippen LogP contribution in [-0.4, -0.2) is 14.5 Å². The van der Waals surface area contributed by atoms with E-state index in [1.165, 1.54) is 0 Å². The molecule has 0 saturated heterocycles. The molecule has 0 fully saturated rings. The summed E-state index contributed by atoms with van der Waals surface area (Å²) in [5.74, 6) is 0. The summed E-state index contributed by atoms with van der Waals surface area (Å²) >= 11 is 4.87. The van der Waals surface area contributed by atoms with Crippen LogP contribution in [0, 0.1) is 6.92 Å². The van der Waals surface area contributed by atoms with Gasteiger partial charge in [-0.05, 0) is 31.2 Å². The Morgan fingerprint density at radius 1 is 1.39 bits per heavy atom. The predicted molar refractivity (Wildman–Crippen MR) is 74.7 cm³/mol. The van der Waals surface area contributed by atoms with Gasteiger partial charge < -0.3 is 10.3 Å². The van der Waals surface area contributed by atoms with Crippen molar-refractivity contribution in [3.05, 3.63) is 63.8 Å². The molecular formula is C13H13N3OS. The number of pyridine rings is 2. The molecule has 0 unspecified atom stereocenters. The lowest BCUT2D eigenvalue weighted by Crippen LogP contribution is -2.30. The van der Waals surface area contributed by atoms with Gasteiger partial charge in [-0.25, -0.2) is 0 Å². The van der Waals surface area contributed by atoms with Crippen LogP contribution < -0.4 is 11.3 Å². The van der Waals surface area contributed by atoms with E-state index in [0.29, 0.717) is 12.1 Å². The van der Waals surface area contributed by atoms with Gasteiger partial charge in [-0.2, -0.15) is 0 Å². The van der Waals surface area contributed by atoms with Crippen molar-refractivity contribution in [1.82, 2.24) is 9.55 Å². The summed E-state index contributed by atoms with van der Waals surface area (Å²) in [4.78, 5) is 16.5. The maximum absolute atomic E-state index is 12.2. The van der Waals surface area contributed by atoms with Crippen LogP contribution in [0.4, 0.5) is 0 Å². The molecule has 0 spiro atoms. The van der Waals surface area contributed by atoms with Gasteiger partial charge in [0.2, 0.25) is 0 Å². The lowest BCUT2D eigenvalue weighted by atomic mass is 10.2. The summed E-state index contributed by atoms with van der Waals surface area (Å²) in [7, 11) is 0. The zero-order valence-electron chi connectivity index (χ0n) is 9.96. The molecule has 0 aliphatic heterocycles. The Labute approximate surface area is 110 Å². The SMILES string of the molecule is Cc1ccc(C(N)=S)c(=O)n1Cc1ccccn1. The van der Waals surface area contributed by atoms with Crippen LogP contribution in [0.1, 0.15) is 17.0 Å². The highest BCUT2D eigenvalue weighted by Crippen LogP contribution is 2.02. The molecule has 92 valence electrons. The van der Waals surface area contributed by atoms with Crippen molar-refractivity contribution in [3.8, 4) is 0 Å². The molecule has 0 aliphatic carbocycles. The van der Waals surface area contributed by atoms with E-state index >= 15 is 0 Å². The largest absolute Gasteiger partial charge is 0.389 e. The van der Waals surface area contributed by atoms with E-state index in [9.17, 15) is 4.79 Å². The lowest BCUT2D eigenvalue weighted by molar-refractivity contribution is 0.711. The van der Waals surface area contributed by atoms with Crippen LogP contribution in [-0.2, 0) is 6.54 Å². The number of rotatable bonds is 3. The molecule has 2 heterocycles. The lowest BCUT2D eigenvalue weighted by Gasteiger charge is -2.11. The highest BCUT2D eigenvalue weighted by Gasteiger charge is 2.09. The molecule has 0 amide bonds. The third kappa shape index (κ3) is 2.46. The standard InChI is InChI=1S/C13H13N3OS/c1-9-5-6-11(12(14)18)13(17)16(9)8-10-4-2-3-7-15-10/h2-7H,8H2,1H3,(H2,14,18). The van der Waals surface area contributed by atoms with Gasteiger partial charge in [-0.15, -0.1) is 0 Å². The third-order valence-corrected chi connectivity index (χ3v) is 2.92. The summed E-state index contributed by atoms with van der Waals surface area (Å²) in [6, 6.07) is 9.09. The Morgan fingerprint density at radius 2 is 2.17 bits per heavy atom. The minimum absolute atomic E-state index is 0.120. The summed E-state index contributed by atoms with van der Waals surface area (Å²) in [6.07, 6.45) is 1.70. The number of thiocarbonyl (C=S) groups is 1. The van der Waals surface area contributed by atoms with Gasteiger partial charge in [0.15, 0.2) is 0 Å². The van der Waals surface area contributed by atoms with Gasteiger partial charge in [0.05, 0.1) is 17.8 Å². The zero-order chi connectivity index (χ0) is 13.1. The summed E-state index contributed by atoms with van der Waals surface area (Å²) in [5.41, 5.74) is 7.40. The van der Waals surface area contributed by atoms with Crippen LogP contribution in [0.3, 0.4) is 0 Å². The molecule has 0 atom stereocenters. The Hall–Kier alpha value is -2.01. The summed E-state index contributed by atoms with van der Waals surface area (Å²) in [5, 5.41) is 0. The topological polar surface area (TPSA) is 60.9 Å². The average molecular weight is 259 g/mol. The molecule has 4 nitrogen and oxygen atoms in total. The fourth-order valence-electron chi connectivity index (χ4n) is 1.71. The molecule has 0 aromatic carbocycles. The quantitative estimate of drug-likeness (QED) is 0.842. The molecule has 18 heavy (non-hydrogen) atoms. The van der Waals surface area contributed by atoms with Gasteiger partial charge in [0.1, 0.15) is 4.99 Å². The first-order valence-corrected chi connectivity index (χ1v) is 5.90. The minimum Gasteiger partial charge on any atom is -0.389 e. The fraction of sp³-hybridized carbons (Fsp3) is 0.154. The van der Waals surface area contributed by atoms with E-state index in [1.807, 2.05) is 31.2 Å². The summed E-state index contributed by atoms with van der Waals surface area (Å²) in [6.45, 7) is 2.29. The van der Waals surface area contributed by atoms with Gasteiger partial charge in [-0.1, -0.05) is 18.3 Å². The second-order valence-corrected chi connectivity index (χ2v) is 4.40. The Kier molecular flexibility index (Phi) is 3.53. The average Bonchev–Trinajstić information content (AvgIpc) is 2.35. The van der Waals surface area contributed by atoms with Crippen molar-refractivity contribution in [2.24, 2.45) is 5.73 Å². The van der Waals surface area contributed by atoms with Crippen molar-refractivity contribution in [2.45, 2.75) is 13.5 Å². The molecule has 0 aliphatic rings. The van der Waals surface area contributed by atoms with E-state index in [2.05, 4.69) is 4.98 Å². The van der Waals surface area contributed by atoms with Crippen molar-refractivity contribution in [1.29, 1.82) is 0 Å². The number of aryl methyl sites for hydroxylation is 1. The molecule has 0 bridgehead atoms. The fourth-order valence-corrected chi connectivity index (χ4v) is 1.86. The molecular weight excluding hydrogens is 246 g/mol. The van der Waals surface area contributed by atoms with Crippen molar-refractivity contribution in [3.63, 3.8) is 0 Å². The van der Waals surface area contributed by atoms with Gasteiger partial charge in [0.25, 0.3) is 5.56 Å². The van der Waals surface area contributed by atoms with Crippen LogP contribution in [0.25, 0.3) is 0 Å². The van der Waals surface area contributed by atoms with E-state index in [4.69, 9.17) is 18.0 Å². The molecule has 2 aromatic heterocycles. The van der Waals surface area contributed by atoms with Crippen LogP contribution in [0.5, 0.6) is 0 Å². The van der Waals surface area contributed by atoms with Crippen LogP contribution >= 0.6 is 12.2 Å². The first kappa shape index (κ1) is 12.4. The Morgan fingerprint density at radius 3 is 2.78 bits per heavy atom. The number of hydrogen-bond donors (Lipinski definition) is 1. The van der Waals surface area contributed by atoms with Crippen LogP contribution in [0.15, 0.2) is 41.3 Å². The van der Waals surface area contributed by atoms with Gasteiger partial charge in [0, 0.05) is 11.9 Å². The van der Waals surface area contributed by atoms with Crippen LogP contribution in [0.2, 0.25) is 0 Å². The highest BCUT2D eigenvalue weighted by molar-refractivity contribution is 7.80. The van der Waals surface area contributed by atoms with Gasteiger partial charge >= 0.3 is 0 Å². The number of nitrogens with zero attached hydrogens (tertiary/aromatic N) is 2. The molecule has 0 radical (unpaired) electrons. The second kappa shape index (κ2) is 5.10. The molecule has 2 rings (SSSR count). The number of nitrogens with two attached hydrogens (primary N) is 1. The van der Waals surface area contributed by atoms with E-state index in [0.717, 1.165) is 11.4 Å². The molecule has 2 aromatic rings. The van der Waals surface area contributed by atoms with E-state index in [-0.39, 0.29) is 10.5 Å². The maximum atomic E-state index is 12.2. The third-order valence-electron chi connectivity index (χ3n) is 2.70. The van der Waals surface area contributed by atoms with Gasteiger partial charge in [-0.3, -0.25) is 9.78 Å². The van der Waals surface area contributed by atoms with Crippen molar-refractivity contribution in [2.75, 3.05) is 0 Å². The van der Waals surface area contributed by atoms with E-state index in [1.54, 1.807) is 16.8 Å². The first-order chi connectivity index (χ1) is 8.59. The smallest absolute Gasteiger partial charge is 0.261 e. The zero-order valence-corrected chi connectivity index (χ0v) is 10.8. The highest BCUT2D eigenvalue weighted by atomic mass is 32.1. The monoisotopic (exact) mass is 259 g/mol. The Bertz CT molecular complexity index is 634. The number of hydrogen-bond acceptors (Lipinski definition) is 3. The maximum Gasteiger partial charge on any atom is 0.261 e. The molecule has 0 saturated carbocycles. The first-order valence-electron chi connectivity index (χ1n) is 5.50. The number of aromatic nitrogens is 2. The van der Waals surface area contributed by atoms with Crippen molar-refractivity contribution < 1.29 is 0 Å². The summed E-state index contributed by atoms with van der Waals surface area (Å²) < 4.78 is 1.62. The Balaban J connectivity index is 2.48. The molecule has 2 N–H and O–H groups in total. The van der Waals surface area contributed by atoms with E-state index < -0.39 is 0 Å². The minimum atomic E-state index is -0.173. The molecule has 5 heteroatoms. The second-order valence-electron chi connectivity index (χ2n) is 3.97. The van der Waals surface area contributed by atoms with Crippen molar-refractivity contribution >= 4 is 17.2 Å².